The van der Waals surface area contributed by atoms with Gasteiger partial charge in [-0.15, -0.1) is 11.6 Å². The highest BCUT2D eigenvalue weighted by atomic mass is 35.5. The molecule has 0 saturated heterocycles. The molecule has 0 N–H and O–H groups in total. The third-order valence-corrected chi connectivity index (χ3v) is 4.28. The summed E-state index contributed by atoms with van der Waals surface area (Å²) in [5, 5.41) is 0.196. The van der Waals surface area contributed by atoms with E-state index < -0.39 is 0 Å². The van der Waals surface area contributed by atoms with Crippen molar-refractivity contribution in [3.63, 3.8) is 0 Å². The molecule has 1 atom stereocenters. The van der Waals surface area contributed by atoms with Gasteiger partial charge in [-0.05, 0) is 24.0 Å². The predicted molar refractivity (Wildman–Crippen MR) is 87.0 cm³/mol. The van der Waals surface area contributed by atoms with Crippen LogP contribution in [0.2, 0.25) is 0 Å². The number of aryl methyl sites for hydroxylation is 1. The monoisotopic (exact) mass is 280 g/mol. The summed E-state index contributed by atoms with van der Waals surface area (Å²) in [6, 6.07) is 8.79. The molecule has 0 amide bonds. The number of halogens is 1. The van der Waals surface area contributed by atoms with Crippen LogP contribution in [-0.4, -0.2) is 0 Å². The van der Waals surface area contributed by atoms with Crippen molar-refractivity contribution in [3.8, 4) is 0 Å². The van der Waals surface area contributed by atoms with E-state index in [4.69, 9.17) is 11.6 Å². The summed E-state index contributed by atoms with van der Waals surface area (Å²) in [5.74, 6) is 0. The number of hydrogen-bond donors (Lipinski definition) is 0. The standard InChI is InChI=1S/C18H29Cl/c1-3-5-6-7-8-9-10-11-18(19)17-14-12-16(4-2)13-15-17/h12-15,18H,3-11H2,1-2H3. The second kappa shape index (κ2) is 10.3. The van der Waals surface area contributed by atoms with Crippen LogP contribution in [0.3, 0.4) is 0 Å². The van der Waals surface area contributed by atoms with Crippen LogP contribution >= 0.6 is 11.6 Å². The van der Waals surface area contributed by atoms with Gasteiger partial charge in [-0.25, -0.2) is 0 Å². The maximum absolute atomic E-state index is 6.46. The molecule has 1 heteroatoms. The second-order valence-electron chi connectivity index (χ2n) is 5.47. The van der Waals surface area contributed by atoms with E-state index in [1.165, 1.54) is 56.1 Å². The van der Waals surface area contributed by atoms with Gasteiger partial charge in [-0.1, -0.05) is 83.1 Å². The van der Waals surface area contributed by atoms with Crippen LogP contribution in [0.25, 0.3) is 0 Å². The fourth-order valence-electron chi connectivity index (χ4n) is 2.41. The van der Waals surface area contributed by atoms with E-state index >= 15 is 0 Å². The van der Waals surface area contributed by atoms with Crippen molar-refractivity contribution in [1.82, 2.24) is 0 Å². The van der Waals surface area contributed by atoms with E-state index in [-0.39, 0.29) is 5.38 Å². The molecule has 0 aliphatic rings. The Kier molecular flexibility index (Phi) is 8.99. The number of benzene rings is 1. The molecule has 1 aromatic rings. The lowest BCUT2D eigenvalue weighted by Crippen LogP contribution is -1.92. The molecule has 0 aliphatic carbocycles. The van der Waals surface area contributed by atoms with Crippen molar-refractivity contribution in [2.75, 3.05) is 0 Å². The zero-order chi connectivity index (χ0) is 13.9. The minimum Gasteiger partial charge on any atom is -0.118 e. The minimum absolute atomic E-state index is 0.196. The molecule has 1 unspecified atom stereocenters. The number of rotatable bonds is 10. The molecule has 0 nitrogen and oxygen atoms in total. The van der Waals surface area contributed by atoms with Gasteiger partial charge in [0.05, 0.1) is 5.38 Å². The van der Waals surface area contributed by atoms with Crippen molar-refractivity contribution < 1.29 is 0 Å². The Morgan fingerprint density at radius 2 is 1.42 bits per heavy atom. The Labute approximate surface area is 124 Å². The molecule has 0 aliphatic heterocycles. The molecule has 0 spiro atoms. The van der Waals surface area contributed by atoms with Gasteiger partial charge in [0.25, 0.3) is 0 Å². The largest absolute Gasteiger partial charge is 0.118 e. The van der Waals surface area contributed by atoms with Gasteiger partial charge in [0.1, 0.15) is 0 Å². The number of hydrogen-bond acceptors (Lipinski definition) is 0. The quantitative estimate of drug-likeness (QED) is 0.332. The molecule has 1 aromatic carbocycles. The highest BCUT2D eigenvalue weighted by molar-refractivity contribution is 6.20. The molecule has 19 heavy (non-hydrogen) atoms. The van der Waals surface area contributed by atoms with E-state index in [9.17, 15) is 0 Å². The number of unbranched alkanes of at least 4 members (excludes halogenated alkanes) is 6. The van der Waals surface area contributed by atoms with E-state index in [0.29, 0.717) is 0 Å². The Morgan fingerprint density at radius 1 is 0.842 bits per heavy atom. The smallest absolute Gasteiger partial charge is 0.0585 e. The van der Waals surface area contributed by atoms with Crippen LogP contribution < -0.4 is 0 Å². The maximum Gasteiger partial charge on any atom is 0.0585 e. The zero-order valence-electron chi connectivity index (χ0n) is 12.6. The fourth-order valence-corrected chi connectivity index (χ4v) is 2.71. The zero-order valence-corrected chi connectivity index (χ0v) is 13.4. The SMILES string of the molecule is CCCCCCCCCC(Cl)c1ccc(CC)cc1. The van der Waals surface area contributed by atoms with E-state index in [1.54, 1.807) is 0 Å². The van der Waals surface area contributed by atoms with Gasteiger partial charge in [0, 0.05) is 0 Å². The molecule has 0 saturated carbocycles. The lowest BCUT2D eigenvalue weighted by atomic mass is 10.0. The Bertz CT molecular complexity index is 315. The highest BCUT2D eigenvalue weighted by Crippen LogP contribution is 2.27. The van der Waals surface area contributed by atoms with Crippen LogP contribution in [0.5, 0.6) is 0 Å². The van der Waals surface area contributed by atoms with E-state index in [1.807, 2.05) is 0 Å². The first-order valence-corrected chi connectivity index (χ1v) is 8.44. The normalized spacial score (nSPS) is 12.6. The first-order chi connectivity index (χ1) is 9.27. The summed E-state index contributed by atoms with van der Waals surface area (Å²) >= 11 is 6.46. The summed E-state index contributed by atoms with van der Waals surface area (Å²) < 4.78 is 0. The van der Waals surface area contributed by atoms with Gasteiger partial charge < -0.3 is 0 Å². The van der Waals surface area contributed by atoms with Gasteiger partial charge in [0.2, 0.25) is 0 Å². The van der Waals surface area contributed by atoms with Gasteiger partial charge >= 0.3 is 0 Å². The molecular weight excluding hydrogens is 252 g/mol. The third-order valence-electron chi connectivity index (χ3n) is 3.81. The van der Waals surface area contributed by atoms with Gasteiger partial charge in [0.15, 0.2) is 0 Å². The number of alkyl halides is 1. The Balaban J connectivity index is 2.14. The molecule has 0 aromatic heterocycles. The lowest BCUT2D eigenvalue weighted by molar-refractivity contribution is 0.572. The first-order valence-electron chi connectivity index (χ1n) is 8.00. The van der Waals surface area contributed by atoms with Crippen LogP contribution in [0.4, 0.5) is 0 Å². The Morgan fingerprint density at radius 3 is 2.00 bits per heavy atom. The third kappa shape index (κ3) is 7.01. The van der Waals surface area contributed by atoms with Gasteiger partial charge in [-0.3, -0.25) is 0 Å². The van der Waals surface area contributed by atoms with Crippen molar-refractivity contribution in [1.29, 1.82) is 0 Å². The molecule has 0 bridgehead atoms. The summed E-state index contributed by atoms with van der Waals surface area (Å²) in [6.07, 6.45) is 11.7. The van der Waals surface area contributed by atoms with E-state index in [2.05, 4.69) is 38.1 Å². The van der Waals surface area contributed by atoms with Crippen LogP contribution in [0.15, 0.2) is 24.3 Å². The van der Waals surface area contributed by atoms with Crippen molar-refractivity contribution >= 4 is 11.6 Å². The molecule has 0 radical (unpaired) electrons. The molecule has 0 heterocycles. The average molecular weight is 281 g/mol. The minimum atomic E-state index is 0.196. The van der Waals surface area contributed by atoms with Crippen LogP contribution in [0, 0.1) is 0 Å². The van der Waals surface area contributed by atoms with Crippen LogP contribution in [-0.2, 0) is 6.42 Å². The Hall–Kier alpha value is -0.490. The maximum atomic E-state index is 6.46. The van der Waals surface area contributed by atoms with Crippen molar-refractivity contribution in [2.24, 2.45) is 0 Å². The summed E-state index contributed by atoms with van der Waals surface area (Å²) in [4.78, 5) is 0. The first kappa shape index (κ1) is 16.6. The summed E-state index contributed by atoms with van der Waals surface area (Å²) in [6.45, 7) is 4.45. The lowest BCUT2D eigenvalue weighted by Gasteiger charge is -2.10. The fraction of sp³-hybridized carbons (Fsp3) is 0.667. The van der Waals surface area contributed by atoms with E-state index in [0.717, 1.165) is 12.8 Å². The molecular formula is C18H29Cl. The van der Waals surface area contributed by atoms with Crippen molar-refractivity contribution in [2.45, 2.75) is 77.0 Å². The predicted octanol–water partition coefficient (Wildman–Crippen LogP) is 6.67. The average Bonchev–Trinajstić information content (AvgIpc) is 2.46. The molecule has 0 fully saturated rings. The van der Waals surface area contributed by atoms with Crippen LogP contribution in [0.1, 0.15) is 81.7 Å². The summed E-state index contributed by atoms with van der Waals surface area (Å²) in [7, 11) is 0. The molecule has 1 rings (SSSR count). The van der Waals surface area contributed by atoms with Gasteiger partial charge in [-0.2, -0.15) is 0 Å². The molecule has 108 valence electrons. The van der Waals surface area contributed by atoms with Crippen molar-refractivity contribution in [3.05, 3.63) is 35.4 Å². The topological polar surface area (TPSA) is 0 Å². The second-order valence-corrected chi connectivity index (χ2v) is 6.00. The highest BCUT2D eigenvalue weighted by Gasteiger charge is 2.07. The summed E-state index contributed by atoms with van der Waals surface area (Å²) in [5.41, 5.74) is 2.67.